The van der Waals surface area contributed by atoms with Gasteiger partial charge in [0.2, 0.25) is 0 Å². The lowest BCUT2D eigenvalue weighted by molar-refractivity contribution is 0.104. The number of nitrogens with zero attached hydrogens (tertiary/aromatic N) is 2. The molecule has 1 saturated heterocycles. The van der Waals surface area contributed by atoms with Gasteiger partial charge in [0.05, 0.1) is 0 Å². The van der Waals surface area contributed by atoms with Gasteiger partial charge < -0.3 is 16.4 Å². The Kier molecular flexibility index (Phi) is 4.66. The Morgan fingerprint density at radius 1 is 1.26 bits per heavy atom. The molecule has 108 valence electrons. The molecule has 0 bridgehead atoms. The van der Waals surface area contributed by atoms with Crippen molar-refractivity contribution >= 4 is 0 Å². The van der Waals surface area contributed by atoms with Crippen molar-refractivity contribution in [1.82, 2.24) is 9.80 Å². The Balaban J connectivity index is 1.74. The van der Waals surface area contributed by atoms with Crippen LogP contribution in [0.4, 0.5) is 0 Å². The van der Waals surface area contributed by atoms with Gasteiger partial charge in [0.15, 0.2) is 0 Å². The summed E-state index contributed by atoms with van der Waals surface area (Å²) in [5.74, 6) is 0. The molecule has 1 heterocycles. The van der Waals surface area contributed by atoms with Crippen molar-refractivity contribution < 1.29 is 0 Å². The molecule has 1 aliphatic carbocycles. The summed E-state index contributed by atoms with van der Waals surface area (Å²) < 4.78 is 0. The lowest BCUT2D eigenvalue weighted by Crippen LogP contribution is -2.50. The molecule has 0 saturated carbocycles. The highest BCUT2D eigenvalue weighted by Crippen LogP contribution is 2.21. The van der Waals surface area contributed by atoms with E-state index in [2.05, 4.69) is 29.7 Å². The van der Waals surface area contributed by atoms with Gasteiger partial charge in [-0.05, 0) is 32.8 Å². The molecule has 2 rings (SSSR count). The SMILES string of the molecule is CC(C)N1CCN(CCC2(N)C=CC(N)=CC2)CC1. The van der Waals surface area contributed by atoms with Crippen LogP contribution in [-0.4, -0.2) is 54.1 Å². The van der Waals surface area contributed by atoms with Crippen molar-refractivity contribution in [3.63, 3.8) is 0 Å². The molecule has 0 aromatic rings. The lowest BCUT2D eigenvalue weighted by atomic mass is 9.88. The number of rotatable bonds is 4. The first kappa shape index (κ1) is 14.6. The normalized spacial score (nSPS) is 29.8. The first-order valence-corrected chi connectivity index (χ1v) is 7.39. The number of allylic oxidation sites excluding steroid dienone is 1. The zero-order valence-electron chi connectivity index (χ0n) is 12.3. The van der Waals surface area contributed by atoms with Crippen molar-refractivity contribution in [2.24, 2.45) is 11.5 Å². The Morgan fingerprint density at radius 3 is 2.47 bits per heavy atom. The van der Waals surface area contributed by atoms with Crippen LogP contribution in [0.1, 0.15) is 26.7 Å². The molecule has 0 amide bonds. The van der Waals surface area contributed by atoms with Crippen LogP contribution in [0.3, 0.4) is 0 Å². The molecule has 2 aliphatic rings. The minimum absolute atomic E-state index is 0.196. The highest BCUT2D eigenvalue weighted by molar-refractivity contribution is 5.26. The van der Waals surface area contributed by atoms with E-state index in [4.69, 9.17) is 11.5 Å². The van der Waals surface area contributed by atoms with Gasteiger partial charge in [-0.2, -0.15) is 0 Å². The molecular formula is C15H28N4. The van der Waals surface area contributed by atoms with Gasteiger partial charge in [0.25, 0.3) is 0 Å². The minimum atomic E-state index is -0.196. The Morgan fingerprint density at radius 2 is 1.95 bits per heavy atom. The largest absolute Gasteiger partial charge is 0.399 e. The summed E-state index contributed by atoms with van der Waals surface area (Å²) >= 11 is 0. The van der Waals surface area contributed by atoms with E-state index in [1.165, 1.54) is 13.1 Å². The predicted molar refractivity (Wildman–Crippen MR) is 80.7 cm³/mol. The number of hydrogen-bond acceptors (Lipinski definition) is 4. The molecular weight excluding hydrogens is 236 g/mol. The van der Waals surface area contributed by atoms with E-state index in [1.54, 1.807) is 0 Å². The quantitative estimate of drug-likeness (QED) is 0.792. The van der Waals surface area contributed by atoms with E-state index in [1.807, 2.05) is 12.2 Å². The fourth-order valence-electron chi connectivity index (χ4n) is 2.76. The van der Waals surface area contributed by atoms with Crippen molar-refractivity contribution in [3.05, 3.63) is 23.9 Å². The van der Waals surface area contributed by atoms with Gasteiger partial charge in [-0.15, -0.1) is 0 Å². The lowest BCUT2D eigenvalue weighted by Gasteiger charge is -2.38. The molecule has 0 spiro atoms. The minimum Gasteiger partial charge on any atom is -0.399 e. The number of piperazine rings is 1. The highest BCUT2D eigenvalue weighted by Gasteiger charge is 2.25. The molecule has 1 aliphatic heterocycles. The Labute approximate surface area is 117 Å². The molecule has 19 heavy (non-hydrogen) atoms. The molecule has 1 atom stereocenters. The first-order chi connectivity index (χ1) is 8.98. The molecule has 1 fully saturated rings. The van der Waals surface area contributed by atoms with E-state index >= 15 is 0 Å². The van der Waals surface area contributed by atoms with Crippen LogP contribution in [0.5, 0.6) is 0 Å². The summed E-state index contributed by atoms with van der Waals surface area (Å²) in [7, 11) is 0. The summed E-state index contributed by atoms with van der Waals surface area (Å²) in [5, 5.41) is 0. The molecule has 4 N–H and O–H groups in total. The first-order valence-electron chi connectivity index (χ1n) is 7.39. The molecule has 4 nitrogen and oxygen atoms in total. The van der Waals surface area contributed by atoms with Gasteiger partial charge in [-0.25, -0.2) is 0 Å². The van der Waals surface area contributed by atoms with Gasteiger partial charge in [-0.1, -0.05) is 12.2 Å². The van der Waals surface area contributed by atoms with E-state index in [0.29, 0.717) is 6.04 Å². The third-order valence-corrected chi connectivity index (χ3v) is 4.36. The van der Waals surface area contributed by atoms with Gasteiger partial charge >= 0.3 is 0 Å². The second-order valence-electron chi connectivity index (χ2n) is 6.20. The molecule has 0 aromatic heterocycles. The number of hydrogen-bond donors (Lipinski definition) is 2. The average molecular weight is 264 g/mol. The van der Waals surface area contributed by atoms with Crippen molar-refractivity contribution in [2.75, 3.05) is 32.7 Å². The van der Waals surface area contributed by atoms with Crippen molar-refractivity contribution in [1.29, 1.82) is 0 Å². The fraction of sp³-hybridized carbons (Fsp3) is 0.733. The maximum Gasteiger partial charge on any atom is 0.0390 e. The van der Waals surface area contributed by atoms with Crippen LogP contribution in [-0.2, 0) is 0 Å². The fourth-order valence-corrected chi connectivity index (χ4v) is 2.76. The monoisotopic (exact) mass is 264 g/mol. The van der Waals surface area contributed by atoms with E-state index < -0.39 is 0 Å². The van der Waals surface area contributed by atoms with Crippen LogP contribution in [0.2, 0.25) is 0 Å². The maximum absolute atomic E-state index is 6.39. The third-order valence-electron chi connectivity index (χ3n) is 4.36. The van der Waals surface area contributed by atoms with Crippen LogP contribution < -0.4 is 11.5 Å². The molecule has 4 heteroatoms. The Hall–Kier alpha value is -0.840. The predicted octanol–water partition coefficient (Wildman–Crippen LogP) is 0.903. The van der Waals surface area contributed by atoms with E-state index in [0.717, 1.165) is 38.2 Å². The van der Waals surface area contributed by atoms with Gasteiger partial charge in [-0.3, -0.25) is 4.90 Å². The summed E-state index contributed by atoms with van der Waals surface area (Å²) in [4.78, 5) is 5.07. The second kappa shape index (κ2) is 6.07. The Bertz CT molecular complexity index is 353. The van der Waals surface area contributed by atoms with Crippen LogP contribution in [0, 0.1) is 0 Å². The zero-order valence-corrected chi connectivity index (χ0v) is 12.3. The molecule has 0 aromatic carbocycles. The average Bonchev–Trinajstić information content (AvgIpc) is 2.41. The second-order valence-corrected chi connectivity index (χ2v) is 6.20. The van der Waals surface area contributed by atoms with Gasteiger partial charge in [0, 0.05) is 50.0 Å². The maximum atomic E-state index is 6.39. The smallest absolute Gasteiger partial charge is 0.0390 e. The summed E-state index contributed by atoms with van der Waals surface area (Å²) in [6.07, 6.45) is 7.93. The van der Waals surface area contributed by atoms with Crippen LogP contribution in [0.15, 0.2) is 23.9 Å². The number of nitrogens with two attached hydrogens (primary N) is 2. The van der Waals surface area contributed by atoms with Crippen LogP contribution >= 0.6 is 0 Å². The third kappa shape index (κ3) is 4.06. The summed E-state index contributed by atoms with van der Waals surface area (Å²) in [6.45, 7) is 10.3. The zero-order chi connectivity index (χ0) is 13.9. The van der Waals surface area contributed by atoms with E-state index in [-0.39, 0.29) is 5.54 Å². The van der Waals surface area contributed by atoms with E-state index in [9.17, 15) is 0 Å². The molecule has 0 radical (unpaired) electrons. The highest BCUT2D eigenvalue weighted by atomic mass is 15.3. The summed E-state index contributed by atoms with van der Waals surface area (Å²) in [6, 6.07) is 0.664. The van der Waals surface area contributed by atoms with Crippen molar-refractivity contribution in [3.8, 4) is 0 Å². The topological polar surface area (TPSA) is 58.5 Å². The van der Waals surface area contributed by atoms with Crippen molar-refractivity contribution in [2.45, 2.75) is 38.3 Å². The summed E-state index contributed by atoms with van der Waals surface area (Å²) in [5.41, 5.74) is 12.8. The molecule has 1 unspecified atom stereocenters. The van der Waals surface area contributed by atoms with Crippen LogP contribution in [0.25, 0.3) is 0 Å². The standard InChI is InChI=1S/C15H28N4/c1-13(2)19-11-9-18(10-12-19)8-7-15(17)5-3-14(16)4-6-15/h3-5,13H,6-12,16-17H2,1-2H3. The van der Waals surface area contributed by atoms with Gasteiger partial charge in [0.1, 0.15) is 0 Å².